The summed E-state index contributed by atoms with van der Waals surface area (Å²) in [4.78, 5) is 0.445. The number of hydrogen-bond acceptors (Lipinski definition) is 2. The average molecular weight is 222 g/mol. The highest BCUT2D eigenvalue weighted by Crippen LogP contribution is 2.20. The van der Waals surface area contributed by atoms with Gasteiger partial charge < -0.3 is 11.1 Å². The van der Waals surface area contributed by atoms with Crippen molar-refractivity contribution in [1.82, 2.24) is 0 Å². The second-order valence-corrected chi connectivity index (χ2v) is 5.21. The lowest BCUT2D eigenvalue weighted by molar-refractivity contribution is 0.633. The van der Waals surface area contributed by atoms with Gasteiger partial charge in [0.25, 0.3) is 0 Å². The quantitative estimate of drug-likeness (QED) is 0.756. The molecule has 15 heavy (non-hydrogen) atoms. The van der Waals surface area contributed by atoms with Crippen LogP contribution in [-0.4, -0.2) is 10.5 Å². The number of anilines is 1. The highest BCUT2D eigenvalue weighted by atomic mass is 32.1. The van der Waals surface area contributed by atoms with E-state index in [0.717, 1.165) is 16.8 Å². The molecule has 0 aromatic heterocycles. The molecule has 0 spiro atoms. The van der Waals surface area contributed by atoms with E-state index in [9.17, 15) is 0 Å². The van der Waals surface area contributed by atoms with Crippen molar-refractivity contribution in [1.29, 1.82) is 0 Å². The SMILES string of the molecule is Cc1cc(C(N)=S)ccc1NC(C)(C)C. The average Bonchev–Trinajstić information content (AvgIpc) is 2.05. The molecule has 2 nitrogen and oxygen atoms in total. The first-order valence-corrected chi connectivity index (χ1v) is 5.39. The number of hydrogen-bond donors (Lipinski definition) is 2. The van der Waals surface area contributed by atoms with Crippen LogP contribution >= 0.6 is 12.2 Å². The Balaban J connectivity index is 2.99. The highest BCUT2D eigenvalue weighted by molar-refractivity contribution is 7.80. The fraction of sp³-hybridized carbons (Fsp3) is 0.417. The van der Waals surface area contributed by atoms with Gasteiger partial charge in [0.2, 0.25) is 0 Å². The van der Waals surface area contributed by atoms with Crippen molar-refractivity contribution in [3.63, 3.8) is 0 Å². The van der Waals surface area contributed by atoms with Crippen molar-refractivity contribution in [2.75, 3.05) is 5.32 Å². The summed E-state index contributed by atoms with van der Waals surface area (Å²) in [5.41, 5.74) is 8.84. The molecule has 0 saturated heterocycles. The second-order valence-electron chi connectivity index (χ2n) is 4.77. The van der Waals surface area contributed by atoms with Gasteiger partial charge in [-0.25, -0.2) is 0 Å². The summed E-state index contributed by atoms with van der Waals surface area (Å²) < 4.78 is 0. The van der Waals surface area contributed by atoms with E-state index in [1.165, 1.54) is 0 Å². The Hall–Kier alpha value is -1.09. The molecule has 0 amide bonds. The summed E-state index contributed by atoms with van der Waals surface area (Å²) in [6, 6.07) is 5.98. The number of aryl methyl sites for hydroxylation is 1. The van der Waals surface area contributed by atoms with Gasteiger partial charge in [-0.1, -0.05) is 12.2 Å². The van der Waals surface area contributed by atoms with Crippen molar-refractivity contribution < 1.29 is 0 Å². The Morgan fingerprint density at radius 2 is 1.93 bits per heavy atom. The summed E-state index contributed by atoms with van der Waals surface area (Å²) in [6.07, 6.45) is 0. The zero-order chi connectivity index (χ0) is 11.6. The van der Waals surface area contributed by atoms with E-state index in [-0.39, 0.29) is 5.54 Å². The van der Waals surface area contributed by atoms with Crippen LogP contribution in [0.4, 0.5) is 5.69 Å². The molecule has 0 aliphatic heterocycles. The molecule has 0 fully saturated rings. The van der Waals surface area contributed by atoms with Gasteiger partial charge in [0.1, 0.15) is 4.99 Å². The van der Waals surface area contributed by atoms with E-state index in [0.29, 0.717) is 4.99 Å². The van der Waals surface area contributed by atoms with Crippen molar-refractivity contribution in [2.24, 2.45) is 5.73 Å². The minimum atomic E-state index is 0.0650. The molecule has 1 aromatic carbocycles. The van der Waals surface area contributed by atoms with E-state index in [1.54, 1.807) is 0 Å². The molecular weight excluding hydrogens is 204 g/mol. The van der Waals surface area contributed by atoms with Gasteiger partial charge in [0.15, 0.2) is 0 Å². The Labute approximate surface area is 96.9 Å². The van der Waals surface area contributed by atoms with Crippen molar-refractivity contribution in [3.8, 4) is 0 Å². The minimum absolute atomic E-state index is 0.0650. The lowest BCUT2D eigenvalue weighted by atomic mass is 10.1. The van der Waals surface area contributed by atoms with Crippen LogP contribution in [0.2, 0.25) is 0 Å². The third kappa shape index (κ3) is 3.51. The maximum atomic E-state index is 5.57. The summed E-state index contributed by atoms with van der Waals surface area (Å²) in [5, 5.41) is 3.43. The maximum absolute atomic E-state index is 5.57. The van der Waals surface area contributed by atoms with Crippen LogP contribution in [0, 0.1) is 6.92 Å². The van der Waals surface area contributed by atoms with Gasteiger partial charge in [-0.15, -0.1) is 0 Å². The van der Waals surface area contributed by atoms with Gasteiger partial charge in [-0.3, -0.25) is 0 Å². The highest BCUT2D eigenvalue weighted by Gasteiger charge is 2.11. The predicted octanol–water partition coefficient (Wildman–Crippen LogP) is 2.84. The van der Waals surface area contributed by atoms with Crippen LogP contribution in [0.5, 0.6) is 0 Å². The molecule has 0 atom stereocenters. The molecule has 3 heteroatoms. The molecule has 0 unspecified atom stereocenters. The Morgan fingerprint density at radius 3 is 2.33 bits per heavy atom. The molecule has 0 aliphatic rings. The lowest BCUT2D eigenvalue weighted by Gasteiger charge is -2.23. The lowest BCUT2D eigenvalue weighted by Crippen LogP contribution is -2.26. The Kier molecular flexibility index (Phi) is 3.35. The fourth-order valence-electron chi connectivity index (χ4n) is 1.36. The van der Waals surface area contributed by atoms with E-state index in [4.69, 9.17) is 18.0 Å². The maximum Gasteiger partial charge on any atom is 0.103 e. The zero-order valence-electron chi connectivity index (χ0n) is 9.72. The largest absolute Gasteiger partial charge is 0.389 e. The molecule has 82 valence electrons. The van der Waals surface area contributed by atoms with Crippen LogP contribution in [0.1, 0.15) is 31.9 Å². The van der Waals surface area contributed by atoms with Crippen LogP contribution in [0.3, 0.4) is 0 Å². The zero-order valence-corrected chi connectivity index (χ0v) is 10.5. The first-order chi connectivity index (χ1) is 6.79. The molecule has 0 bridgehead atoms. The smallest absolute Gasteiger partial charge is 0.103 e. The molecular formula is C12H18N2S. The normalized spacial score (nSPS) is 11.2. The fourth-order valence-corrected chi connectivity index (χ4v) is 1.49. The monoisotopic (exact) mass is 222 g/mol. The molecule has 0 saturated carbocycles. The third-order valence-electron chi connectivity index (χ3n) is 2.02. The van der Waals surface area contributed by atoms with E-state index >= 15 is 0 Å². The van der Waals surface area contributed by atoms with Crippen molar-refractivity contribution in [2.45, 2.75) is 33.2 Å². The number of nitrogens with two attached hydrogens (primary N) is 1. The number of nitrogens with one attached hydrogen (secondary N) is 1. The molecule has 1 rings (SSSR count). The van der Waals surface area contributed by atoms with Crippen LogP contribution in [0.25, 0.3) is 0 Å². The van der Waals surface area contributed by atoms with Gasteiger partial charge >= 0.3 is 0 Å². The van der Waals surface area contributed by atoms with E-state index < -0.39 is 0 Å². The Morgan fingerprint density at radius 1 is 1.33 bits per heavy atom. The number of thiocarbonyl (C=S) groups is 1. The van der Waals surface area contributed by atoms with Gasteiger partial charge in [0.05, 0.1) is 0 Å². The molecule has 0 heterocycles. The van der Waals surface area contributed by atoms with E-state index in [1.807, 2.05) is 18.2 Å². The number of benzene rings is 1. The van der Waals surface area contributed by atoms with E-state index in [2.05, 4.69) is 33.0 Å². The molecule has 0 aliphatic carbocycles. The summed E-state index contributed by atoms with van der Waals surface area (Å²) in [7, 11) is 0. The van der Waals surface area contributed by atoms with Gasteiger partial charge in [-0.05, 0) is 51.5 Å². The first-order valence-electron chi connectivity index (χ1n) is 4.98. The second kappa shape index (κ2) is 4.19. The van der Waals surface area contributed by atoms with Gasteiger partial charge in [0, 0.05) is 16.8 Å². The van der Waals surface area contributed by atoms with Crippen LogP contribution in [0.15, 0.2) is 18.2 Å². The van der Waals surface area contributed by atoms with Crippen LogP contribution in [-0.2, 0) is 0 Å². The van der Waals surface area contributed by atoms with Crippen LogP contribution < -0.4 is 11.1 Å². The van der Waals surface area contributed by atoms with Gasteiger partial charge in [-0.2, -0.15) is 0 Å². The first kappa shape index (κ1) is 12.0. The summed E-state index contributed by atoms with van der Waals surface area (Å²) >= 11 is 4.93. The standard InChI is InChI=1S/C12H18N2S/c1-8-7-9(11(13)15)5-6-10(8)14-12(2,3)4/h5-7,14H,1-4H3,(H2,13,15). The Bertz CT molecular complexity index is 378. The van der Waals surface area contributed by atoms with Crippen molar-refractivity contribution >= 4 is 22.9 Å². The molecule has 0 radical (unpaired) electrons. The minimum Gasteiger partial charge on any atom is -0.389 e. The summed E-state index contributed by atoms with van der Waals surface area (Å²) in [5.74, 6) is 0. The molecule has 3 N–H and O–H groups in total. The molecule has 1 aromatic rings. The predicted molar refractivity (Wildman–Crippen MR) is 70.4 cm³/mol. The van der Waals surface area contributed by atoms with Crippen molar-refractivity contribution in [3.05, 3.63) is 29.3 Å². The summed E-state index contributed by atoms with van der Waals surface area (Å²) in [6.45, 7) is 8.45. The topological polar surface area (TPSA) is 38.0 Å². The third-order valence-corrected chi connectivity index (χ3v) is 2.26. The number of rotatable bonds is 2.